The van der Waals surface area contributed by atoms with Crippen molar-refractivity contribution in [1.82, 2.24) is 20.0 Å². The van der Waals surface area contributed by atoms with Crippen LogP contribution in [0.15, 0.2) is 4.47 Å². The van der Waals surface area contributed by atoms with E-state index in [-0.39, 0.29) is 11.9 Å². The maximum atomic E-state index is 12.4. The molecule has 1 N–H and O–H groups in total. The number of amides is 1. The van der Waals surface area contributed by atoms with Crippen molar-refractivity contribution in [2.45, 2.75) is 59.2 Å². The molecule has 1 aromatic heterocycles. The van der Waals surface area contributed by atoms with Crippen molar-refractivity contribution in [3.8, 4) is 0 Å². The van der Waals surface area contributed by atoms with Crippen LogP contribution in [0, 0.1) is 6.92 Å². The minimum absolute atomic E-state index is 0.157. The monoisotopic (exact) mass is 356 g/mol. The van der Waals surface area contributed by atoms with Crippen LogP contribution in [0.3, 0.4) is 0 Å². The maximum Gasteiger partial charge on any atom is 0.239 e. The molecule has 1 atom stereocenters. The molecule has 2 rings (SSSR count). The van der Waals surface area contributed by atoms with Gasteiger partial charge in [0.15, 0.2) is 0 Å². The van der Waals surface area contributed by atoms with Crippen molar-refractivity contribution < 1.29 is 4.79 Å². The number of hydrogen-bond acceptors (Lipinski definition) is 3. The van der Waals surface area contributed by atoms with Crippen LogP contribution in [-0.4, -0.2) is 39.7 Å². The van der Waals surface area contributed by atoms with Gasteiger partial charge in [0.05, 0.1) is 21.9 Å². The smallest absolute Gasteiger partial charge is 0.239 e. The second kappa shape index (κ2) is 7.40. The van der Waals surface area contributed by atoms with Gasteiger partial charge in [-0.15, -0.1) is 0 Å². The Kier molecular flexibility index (Phi) is 5.81. The van der Waals surface area contributed by atoms with Gasteiger partial charge in [-0.05, 0) is 56.0 Å². The second-order valence-corrected chi connectivity index (χ2v) is 6.44. The summed E-state index contributed by atoms with van der Waals surface area (Å²) in [6, 6.07) is -0.157. The van der Waals surface area contributed by atoms with E-state index in [2.05, 4.69) is 33.3 Å². The molecular weight excluding hydrogens is 332 g/mol. The number of nitrogens with one attached hydrogen (secondary N) is 1. The first kappa shape index (κ1) is 16.5. The van der Waals surface area contributed by atoms with E-state index < -0.39 is 0 Å². The SMILES string of the molecule is CCn1nc(C)c(Br)c1CNC(C)C(=O)N1CCCCC1. The lowest BCUT2D eigenvalue weighted by molar-refractivity contribution is -0.133. The highest BCUT2D eigenvalue weighted by Gasteiger charge is 2.22. The number of halogens is 1. The average molecular weight is 357 g/mol. The predicted molar refractivity (Wildman–Crippen MR) is 87.1 cm³/mol. The minimum Gasteiger partial charge on any atom is -0.341 e. The van der Waals surface area contributed by atoms with Crippen LogP contribution >= 0.6 is 15.9 Å². The zero-order valence-electron chi connectivity index (χ0n) is 13.2. The molecule has 1 aliphatic heterocycles. The van der Waals surface area contributed by atoms with Gasteiger partial charge in [0.1, 0.15) is 0 Å². The molecular formula is C15H25BrN4O. The molecule has 21 heavy (non-hydrogen) atoms. The summed E-state index contributed by atoms with van der Waals surface area (Å²) in [5.74, 6) is 0.213. The summed E-state index contributed by atoms with van der Waals surface area (Å²) in [5.41, 5.74) is 2.09. The van der Waals surface area contributed by atoms with Crippen molar-refractivity contribution in [3.63, 3.8) is 0 Å². The van der Waals surface area contributed by atoms with E-state index in [0.717, 1.165) is 48.3 Å². The van der Waals surface area contributed by atoms with E-state index in [4.69, 9.17) is 0 Å². The van der Waals surface area contributed by atoms with Crippen LogP contribution in [0.2, 0.25) is 0 Å². The molecule has 0 bridgehead atoms. The first-order chi connectivity index (χ1) is 10.0. The zero-order valence-corrected chi connectivity index (χ0v) is 14.7. The number of rotatable bonds is 5. The van der Waals surface area contributed by atoms with Gasteiger partial charge < -0.3 is 10.2 Å². The molecule has 1 fully saturated rings. The van der Waals surface area contributed by atoms with E-state index >= 15 is 0 Å². The van der Waals surface area contributed by atoms with Crippen LogP contribution in [0.4, 0.5) is 0 Å². The summed E-state index contributed by atoms with van der Waals surface area (Å²) < 4.78 is 3.01. The third-order valence-corrected chi connectivity index (χ3v) is 5.10. The van der Waals surface area contributed by atoms with Gasteiger partial charge in [0, 0.05) is 26.2 Å². The molecule has 5 nitrogen and oxygen atoms in total. The molecule has 1 aromatic rings. The Balaban J connectivity index is 1.94. The quantitative estimate of drug-likeness (QED) is 0.881. The normalized spacial score (nSPS) is 17.0. The number of likely N-dealkylation sites (tertiary alicyclic amines) is 1. The van der Waals surface area contributed by atoms with E-state index in [1.165, 1.54) is 6.42 Å². The Labute approximate surface area is 135 Å². The predicted octanol–water partition coefficient (Wildman–Crippen LogP) is 2.46. The summed E-state index contributed by atoms with van der Waals surface area (Å²) >= 11 is 3.59. The van der Waals surface area contributed by atoms with Crippen molar-refractivity contribution in [2.75, 3.05) is 13.1 Å². The Morgan fingerprint density at radius 1 is 1.38 bits per heavy atom. The molecule has 118 valence electrons. The topological polar surface area (TPSA) is 50.2 Å². The van der Waals surface area contributed by atoms with Crippen molar-refractivity contribution in [1.29, 1.82) is 0 Å². The first-order valence-electron chi connectivity index (χ1n) is 7.78. The van der Waals surface area contributed by atoms with E-state index in [9.17, 15) is 4.79 Å². The Hall–Kier alpha value is -0.880. The largest absolute Gasteiger partial charge is 0.341 e. The Bertz CT molecular complexity index is 494. The fraction of sp³-hybridized carbons (Fsp3) is 0.733. The minimum atomic E-state index is -0.157. The van der Waals surface area contributed by atoms with Crippen LogP contribution in [-0.2, 0) is 17.9 Å². The number of nitrogens with zero attached hydrogens (tertiary/aromatic N) is 3. The number of aryl methyl sites for hydroxylation is 2. The standard InChI is InChI=1S/C15H25BrN4O/c1-4-20-13(14(16)11(2)18-20)10-17-12(3)15(21)19-8-6-5-7-9-19/h12,17H,4-10H2,1-3H3. The first-order valence-corrected chi connectivity index (χ1v) is 8.57. The number of carbonyl (C=O) groups is 1. The van der Waals surface area contributed by atoms with Gasteiger partial charge in [-0.25, -0.2) is 0 Å². The van der Waals surface area contributed by atoms with Crippen LogP contribution < -0.4 is 5.32 Å². The third-order valence-electron chi connectivity index (χ3n) is 4.07. The van der Waals surface area contributed by atoms with E-state index in [0.29, 0.717) is 6.54 Å². The summed E-state index contributed by atoms with van der Waals surface area (Å²) in [6.07, 6.45) is 3.51. The summed E-state index contributed by atoms with van der Waals surface area (Å²) in [6.45, 7) is 9.30. The molecule has 1 aliphatic rings. The summed E-state index contributed by atoms with van der Waals surface area (Å²) in [7, 11) is 0. The molecule has 0 radical (unpaired) electrons. The molecule has 0 spiro atoms. The highest BCUT2D eigenvalue weighted by molar-refractivity contribution is 9.10. The summed E-state index contributed by atoms with van der Waals surface area (Å²) in [4.78, 5) is 14.4. The third kappa shape index (κ3) is 3.86. The van der Waals surface area contributed by atoms with E-state index in [1.807, 2.05) is 23.4 Å². The number of hydrogen-bond donors (Lipinski definition) is 1. The lowest BCUT2D eigenvalue weighted by atomic mass is 10.1. The highest BCUT2D eigenvalue weighted by Crippen LogP contribution is 2.21. The van der Waals surface area contributed by atoms with Crippen LogP contribution in [0.25, 0.3) is 0 Å². The van der Waals surface area contributed by atoms with Crippen molar-refractivity contribution in [3.05, 3.63) is 15.9 Å². The maximum absolute atomic E-state index is 12.4. The molecule has 2 heterocycles. The van der Waals surface area contributed by atoms with Crippen LogP contribution in [0.1, 0.15) is 44.5 Å². The lowest BCUT2D eigenvalue weighted by Crippen LogP contribution is -2.46. The van der Waals surface area contributed by atoms with Crippen molar-refractivity contribution in [2.24, 2.45) is 0 Å². The van der Waals surface area contributed by atoms with Gasteiger partial charge in [0.25, 0.3) is 0 Å². The van der Waals surface area contributed by atoms with Gasteiger partial charge in [0.2, 0.25) is 5.91 Å². The second-order valence-electron chi connectivity index (χ2n) is 5.65. The highest BCUT2D eigenvalue weighted by atomic mass is 79.9. The molecule has 0 saturated carbocycles. The number of piperidine rings is 1. The number of carbonyl (C=O) groups excluding carboxylic acids is 1. The van der Waals surface area contributed by atoms with Crippen LogP contribution in [0.5, 0.6) is 0 Å². The van der Waals surface area contributed by atoms with Crippen molar-refractivity contribution >= 4 is 21.8 Å². The molecule has 1 unspecified atom stereocenters. The molecule has 0 aromatic carbocycles. The Morgan fingerprint density at radius 2 is 2.05 bits per heavy atom. The zero-order chi connectivity index (χ0) is 15.4. The number of aromatic nitrogens is 2. The molecule has 1 saturated heterocycles. The average Bonchev–Trinajstić information content (AvgIpc) is 2.79. The summed E-state index contributed by atoms with van der Waals surface area (Å²) in [5, 5.41) is 7.82. The van der Waals surface area contributed by atoms with Gasteiger partial charge in [-0.2, -0.15) is 5.10 Å². The van der Waals surface area contributed by atoms with E-state index in [1.54, 1.807) is 0 Å². The fourth-order valence-electron chi connectivity index (χ4n) is 2.76. The fourth-order valence-corrected chi connectivity index (χ4v) is 3.19. The van der Waals surface area contributed by atoms with Gasteiger partial charge >= 0.3 is 0 Å². The molecule has 0 aliphatic carbocycles. The Morgan fingerprint density at radius 3 is 2.67 bits per heavy atom. The van der Waals surface area contributed by atoms with Gasteiger partial charge in [-0.3, -0.25) is 9.48 Å². The lowest BCUT2D eigenvalue weighted by Gasteiger charge is -2.29. The van der Waals surface area contributed by atoms with Gasteiger partial charge in [-0.1, -0.05) is 0 Å². The molecule has 1 amide bonds. The molecule has 6 heteroatoms.